The highest BCUT2D eigenvalue weighted by molar-refractivity contribution is 5.78. The van der Waals surface area contributed by atoms with Crippen molar-refractivity contribution in [1.29, 1.82) is 0 Å². The number of rotatable bonds is 3. The normalized spacial score (nSPS) is 16.5. The van der Waals surface area contributed by atoms with E-state index in [1.807, 2.05) is 19.3 Å². The van der Waals surface area contributed by atoms with Crippen LogP contribution in [0, 0.1) is 6.92 Å². The minimum Gasteiger partial charge on any atom is -0.370 e. The smallest absolute Gasteiger partial charge is 0.189 e. The van der Waals surface area contributed by atoms with Crippen LogP contribution in [-0.2, 0) is 6.54 Å². The Kier molecular flexibility index (Phi) is 2.85. The maximum Gasteiger partial charge on any atom is 0.189 e. The lowest BCUT2D eigenvalue weighted by atomic mass is 10.2. The van der Waals surface area contributed by atoms with E-state index in [0.29, 0.717) is 18.5 Å². The van der Waals surface area contributed by atoms with Crippen LogP contribution in [0.25, 0.3) is 0 Å². The molecule has 1 heterocycles. The lowest BCUT2D eigenvalue weighted by Gasteiger charge is -2.03. The summed E-state index contributed by atoms with van der Waals surface area (Å²) >= 11 is 0. The molecule has 0 atom stereocenters. The van der Waals surface area contributed by atoms with Crippen molar-refractivity contribution in [3.8, 4) is 0 Å². The largest absolute Gasteiger partial charge is 0.370 e. The third kappa shape index (κ3) is 3.23. The van der Waals surface area contributed by atoms with Gasteiger partial charge in [0, 0.05) is 18.4 Å². The first kappa shape index (κ1) is 9.96. The second kappa shape index (κ2) is 4.29. The lowest BCUT2D eigenvalue weighted by molar-refractivity contribution is 0.877. The molecule has 0 saturated heterocycles. The van der Waals surface area contributed by atoms with Crippen LogP contribution < -0.4 is 11.1 Å². The van der Waals surface area contributed by atoms with Gasteiger partial charge in [-0.25, -0.2) is 4.99 Å². The summed E-state index contributed by atoms with van der Waals surface area (Å²) < 4.78 is 0. The van der Waals surface area contributed by atoms with Crippen LogP contribution >= 0.6 is 0 Å². The van der Waals surface area contributed by atoms with Gasteiger partial charge in [0.15, 0.2) is 5.96 Å². The molecule has 1 saturated carbocycles. The molecule has 2 rings (SSSR count). The number of pyridine rings is 1. The van der Waals surface area contributed by atoms with Crippen molar-refractivity contribution in [3.05, 3.63) is 29.6 Å². The summed E-state index contributed by atoms with van der Waals surface area (Å²) in [7, 11) is 0. The minimum atomic E-state index is 0.541. The molecule has 1 aromatic rings. The molecule has 80 valence electrons. The second-order valence-corrected chi connectivity index (χ2v) is 3.99. The van der Waals surface area contributed by atoms with Gasteiger partial charge in [-0.3, -0.25) is 4.98 Å². The van der Waals surface area contributed by atoms with E-state index in [-0.39, 0.29) is 0 Å². The van der Waals surface area contributed by atoms with Crippen LogP contribution in [0.3, 0.4) is 0 Å². The van der Waals surface area contributed by atoms with Crippen molar-refractivity contribution in [2.24, 2.45) is 10.7 Å². The first-order valence-electron chi connectivity index (χ1n) is 5.21. The highest BCUT2D eigenvalue weighted by Crippen LogP contribution is 2.18. The van der Waals surface area contributed by atoms with E-state index in [1.54, 1.807) is 0 Å². The molecule has 0 aromatic carbocycles. The topological polar surface area (TPSA) is 63.3 Å². The molecule has 1 aromatic heterocycles. The molecule has 1 fully saturated rings. The van der Waals surface area contributed by atoms with Crippen LogP contribution in [0.1, 0.15) is 24.0 Å². The first-order chi connectivity index (χ1) is 7.24. The Morgan fingerprint density at radius 1 is 1.60 bits per heavy atom. The summed E-state index contributed by atoms with van der Waals surface area (Å²) in [6.45, 7) is 2.62. The second-order valence-electron chi connectivity index (χ2n) is 3.99. The summed E-state index contributed by atoms with van der Waals surface area (Å²) in [6.07, 6.45) is 6.07. The molecule has 4 heteroatoms. The number of aromatic nitrogens is 1. The van der Waals surface area contributed by atoms with Crippen LogP contribution in [0.4, 0.5) is 0 Å². The van der Waals surface area contributed by atoms with Crippen molar-refractivity contribution in [2.75, 3.05) is 0 Å². The van der Waals surface area contributed by atoms with Crippen molar-refractivity contribution >= 4 is 5.96 Å². The van der Waals surface area contributed by atoms with Crippen LogP contribution in [-0.4, -0.2) is 17.0 Å². The Labute approximate surface area is 89.6 Å². The fraction of sp³-hybridized carbons (Fsp3) is 0.455. The van der Waals surface area contributed by atoms with Gasteiger partial charge in [0.1, 0.15) is 0 Å². The van der Waals surface area contributed by atoms with Gasteiger partial charge in [-0.2, -0.15) is 0 Å². The SMILES string of the molecule is Cc1cncc(CN=C(N)NC2CC2)c1. The van der Waals surface area contributed by atoms with E-state index in [9.17, 15) is 0 Å². The van der Waals surface area contributed by atoms with Gasteiger partial charge in [0.05, 0.1) is 6.54 Å². The van der Waals surface area contributed by atoms with E-state index < -0.39 is 0 Å². The molecule has 0 aliphatic heterocycles. The quantitative estimate of drug-likeness (QED) is 0.569. The average Bonchev–Trinajstić information content (AvgIpc) is 2.99. The molecule has 0 radical (unpaired) electrons. The van der Waals surface area contributed by atoms with Gasteiger partial charge < -0.3 is 11.1 Å². The van der Waals surface area contributed by atoms with Crippen LogP contribution in [0.5, 0.6) is 0 Å². The molecular formula is C11H16N4. The van der Waals surface area contributed by atoms with Gasteiger partial charge in [-0.05, 0) is 30.9 Å². The van der Waals surface area contributed by atoms with E-state index in [4.69, 9.17) is 5.73 Å². The summed E-state index contributed by atoms with van der Waals surface area (Å²) in [5.74, 6) is 0.541. The Balaban J connectivity index is 1.90. The summed E-state index contributed by atoms with van der Waals surface area (Å²) in [6, 6.07) is 2.63. The van der Waals surface area contributed by atoms with Crippen molar-refractivity contribution in [2.45, 2.75) is 32.4 Å². The molecule has 0 amide bonds. The highest BCUT2D eigenvalue weighted by Gasteiger charge is 2.21. The summed E-state index contributed by atoms with van der Waals surface area (Å²) in [5, 5.41) is 3.15. The number of aryl methyl sites for hydroxylation is 1. The zero-order valence-electron chi connectivity index (χ0n) is 8.90. The Morgan fingerprint density at radius 3 is 3.07 bits per heavy atom. The van der Waals surface area contributed by atoms with Crippen molar-refractivity contribution in [3.63, 3.8) is 0 Å². The zero-order valence-corrected chi connectivity index (χ0v) is 8.90. The van der Waals surface area contributed by atoms with Crippen molar-refractivity contribution in [1.82, 2.24) is 10.3 Å². The average molecular weight is 204 g/mol. The molecule has 0 bridgehead atoms. The molecule has 3 N–H and O–H groups in total. The number of aliphatic imine (C=N–C) groups is 1. The van der Waals surface area contributed by atoms with Crippen LogP contribution in [0.15, 0.2) is 23.5 Å². The Morgan fingerprint density at radius 2 is 2.40 bits per heavy atom. The van der Waals surface area contributed by atoms with E-state index >= 15 is 0 Å². The standard InChI is InChI=1S/C11H16N4/c1-8-4-9(6-13-5-8)7-14-11(12)15-10-2-3-10/h4-6,10H,2-3,7H2,1H3,(H3,12,14,15). The number of nitrogens with one attached hydrogen (secondary N) is 1. The number of nitrogens with zero attached hydrogens (tertiary/aromatic N) is 2. The maximum absolute atomic E-state index is 5.72. The van der Waals surface area contributed by atoms with Crippen molar-refractivity contribution < 1.29 is 0 Å². The first-order valence-corrected chi connectivity index (χ1v) is 5.21. The molecule has 0 spiro atoms. The highest BCUT2D eigenvalue weighted by atomic mass is 15.1. The number of nitrogens with two attached hydrogens (primary N) is 1. The number of guanidine groups is 1. The predicted octanol–water partition coefficient (Wildman–Crippen LogP) is 0.957. The minimum absolute atomic E-state index is 0.541. The monoisotopic (exact) mass is 204 g/mol. The Bertz CT molecular complexity index is 369. The fourth-order valence-electron chi connectivity index (χ4n) is 1.36. The maximum atomic E-state index is 5.72. The third-order valence-electron chi connectivity index (χ3n) is 2.29. The predicted molar refractivity (Wildman–Crippen MR) is 60.5 cm³/mol. The summed E-state index contributed by atoms with van der Waals surface area (Å²) in [5.41, 5.74) is 7.96. The van der Waals surface area contributed by atoms with Gasteiger partial charge >= 0.3 is 0 Å². The van der Waals surface area contributed by atoms with E-state index in [1.165, 1.54) is 12.8 Å². The Hall–Kier alpha value is -1.58. The summed E-state index contributed by atoms with van der Waals surface area (Å²) in [4.78, 5) is 8.36. The zero-order chi connectivity index (χ0) is 10.7. The lowest BCUT2D eigenvalue weighted by Crippen LogP contribution is -2.33. The number of hydrogen-bond acceptors (Lipinski definition) is 2. The molecule has 1 aliphatic carbocycles. The fourth-order valence-corrected chi connectivity index (χ4v) is 1.36. The van der Waals surface area contributed by atoms with Gasteiger partial charge in [0.2, 0.25) is 0 Å². The molecule has 4 nitrogen and oxygen atoms in total. The van der Waals surface area contributed by atoms with Gasteiger partial charge in [-0.1, -0.05) is 6.07 Å². The molecule has 0 unspecified atom stereocenters. The van der Waals surface area contributed by atoms with E-state index in [2.05, 4.69) is 21.4 Å². The third-order valence-corrected chi connectivity index (χ3v) is 2.29. The van der Waals surface area contributed by atoms with Crippen LogP contribution in [0.2, 0.25) is 0 Å². The molecule has 1 aliphatic rings. The van der Waals surface area contributed by atoms with Gasteiger partial charge in [-0.15, -0.1) is 0 Å². The molecule has 15 heavy (non-hydrogen) atoms. The number of hydrogen-bond donors (Lipinski definition) is 2. The van der Waals surface area contributed by atoms with E-state index in [0.717, 1.165) is 11.1 Å². The molecular weight excluding hydrogens is 188 g/mol. The van der Waals surface area contributed by atoms with Gasteiger partial charge in [0.25, 0.3) is 0 Å².